The third-order valence-corrected chi connectivity index (χ3v) is 22.6. The van der Waals surface area contributed by atoms with Gasteiger partial charge in [0.15, 0.2) is 12.2 Å². The van der Waals surface area contributed by atoms with Gasteiger partial charge in [0, 0.05) is 25.7 Å². The van der Waals surface area contributed by atoms with Crippen molar-refractivity contribution in [3.63, 3.8) is 0 Å². The van der Waals surface area contributed by atoms with E-state index in [0.717, 1.165) is 108 Å². The van der Waals surface area contributed by atoms with Crippen molar-refractivity contribution in [1.29, 1.82) is 0 Å². The van der Waals surface area contributed by atoms with Crippen molar-refractivity contribution >= 4 is 39.5 Å². The maximum Gasteiger partial charge on any atom is 0.472 e. The molecule has 0 heterocycles. The van der Waals surface area contributed by atoms with Crippen molar-refractivity contribution in [1.82, 2.24) is 0 Å². The van der Waals surface area contributed by atoms with Crippen molar-refractivity contribution in [3.8, 4) is 0 Å². The minimum atomic E-state index is -4.97. The third kappa shape index (κ3) is 78.7. The van der Waals surface area contributed by atoms with Gasteiger partial charge >= 0.3 is 39.5 Å². The number of aliphatic hydroxyl groups is 1. The predicted octanol–water partition coefficient (Wildman–Crippen LogP) is 26.5. The molecule has 0 radical (unpaired) electrons. The highest BCUT2D eigenvalue weighted by Crippen LogP contribution is 2.45. The fraction of sp³-hybridized carbons (Fsp3) is 0.954. The molecule has 0 aromatic rings. The van der Waals surface area contributed by atoms with Crippen LogP contribution in [-0.4, -0.2) is 96.7 Å². The maximum atomic E-state index is 13.2. The molecule has 0 aromatic carbocycles. The number of carbonyl (C=O) groups excluding carboxylic acids is 4. The van der Waals surface area contributed by atoms with E-state index in [4.69, 9.17) is 37.0 Å². The molecule has 630 valence electrons. The van der Waals surface area contributed by atoms with Gasteiger partial charge in [-0.3, -0.25) is 37.3 Å². The number of rotatable bonds is 85. The first-order valence-corrected chi connectivity index (χ1v) is 47.9. The average Bonchev–Trinajstić information content (AvgIpc) is 0.902. The van der Waals surface area contributed by atoms with Crippen LogP contribution in [0.1, 0.15) is 459 Å². The average molecular weight is 1550 g/mol. The summed E-state index contributed by atoms with van der Waals surface area (Å²) < 4.78 is 69.0. The second kappa shape index (κ2) is 77.0. The molecule has 0 aliphatic rings. The summed E-state index contributed by atoms with van der Waals surface area (Å²) in [7, 11) is -9.93. The van der Waals surface area contributed by atoms with Crippen molar-refractivity contribution in [3.05, 3.63) is 0 Å². The summed E-state index contributed by atoms with van der Waals surface area (Å²) >= 11 is 0. The first kappa shape index (κ1) is 104. The van der Waals surface area contributed by atoms with Gasteiger partial charge in [0.05, 0.1) is 26.4 Å². The molecule has 6 atom stereocenters. The Morgan fingerprint density at radius 3 is 0.717 bits per heavy atom. The minimum absolute atomic E-state index is 0.107. The van der Waals surface area contributed by atoms with E-state index in [1.54, 1.807) is 0 Å². The van der Waals surface area contributed by atoms with E-state index in [1.807, 2.05) is 0 Å². The highest BCUT2D eigenvalue weighted by atomic mass is 31.2. The minimum Gasteiger partial charge on any atom is -0.462 e. The van der Waals surface area contributed by atoms with Gasteiger partial charge in [-0.05, 0) is 43.4 Å². The summed E-state index contributed by atoms with van der Waals surface area (Å²) in [4.78, 5) is 73.3. The first-order chi connectivity index (χ1) is 51.3. The van der Waals surface area contributed by atoms with E-state index >= 15 is 0 Å². The second-order valence-corrected chi connectivity index (χ2v) is 35.4. The lowest BCUT2D eigenvalue weighted by molar-refractivity contribution is -0.161. The van der Waals surface area contributed by atoms with Gasteiger partial charge in [-0.15, -0.1) is 0 Å². The Balaban J connectivity index is 5.26. The van der Waals surface area contributed by atoms with E-state index in [-0.39, 0.29) is 25.7 Å². The van der Waals surface area contributed by atoms with Crippen LogP contribution in [0.2, 0.25) is 0 Å². The van der Waals surface area contributed by atoms with Crippen molar-refractivity contribution in [2.45, 2.75) is 478 Å². The molecule has 0 amide bonds. The van der Waals surface area contributed by atoms with Crippen LogP contribution in [0.25, 0.3) is 0 Å². The zero-order valence-corrected chi connectivity index (χ0v) is 71.7. The molecular weight excluding hydrogens is 1380 g/mol. The normalized spacial score (nSPS) is 14.1. The number of hydrogen-bond acceptors (Lipinski definition) is 15. The Kier molecular flexibility index (Phi) is 75.6. The number of esters is 4. The van der Waals surface area contributed by atoms with E-state index in [0.29, 0.717) is 25.7 Å². The number of hydrogen-bond donors (Lipinski definition) is 3. The van der Waals surface area contributed by atoms with Gasteiger partial charge < -0.3 is 33.8 Å². The number of aliphatic hydroxyl groups excluding tert-OH is 1. The van der Waals surface area contributed by atoms with Gasteiger partial charge in [0.2, 0.25) is 0 Å². The van der Waals surface area contributed by atoms with E-state index in [9.17, 15) is 43.2 Å². The highest BCUT2D eigenvalue weighted by molar-refractivity contribution is 7.47. The number of phosphoric ester groups is 2. The van der Waals surface area contributed by atoms with E-state index in [2.05, 4.69) is 48.5 Å². The highest BCUT2D eigenvalue weighted by Gasteiger charge is 2.31. The molecule has 0 rings (SSSR count). The molecule has 0 fully saturated rings. The maximum absolute atomic E-state index is 13.2. The quantitative estimate of drug-likeness (QED) is 0.0222. The van der Waals surface area contributed by atoms with Gasteiger partial charge in [0.25, 0.3) is 0 Å². The zero-order valence-electron chi connectivity index (χ0n) is 69.9. The molecule has 17 nitrogen and oxygen atoms in total. The lowest BCUT2D eigenvalue weighted by Crippen LogP contribution is -2.30. The Hall–Kier alpha value is -1.94. The van der Waals surface area contributed by atoms with Crippen molar-refractivity contribution in [2.24, 2.45) is 17.8 Å². The van der Waals surface area contributed by atoms with Crippen LogP contribution < -0.4 is 0 Å². The van der Waals surface area contributed by atoms with Gasteiger partial charge in [0.1, 0.15) is 19.3 Å². The summed E-state index contributed by atoms with van der Waals surface area (Å²) in [5.74, 6) is 0.267. The largest absolute Gasteiger partial charge is 0.472 e. The molecule has 3 unspecified atom stereocenters. The summed E-state index contributed by atoms with van der Waals surface area (Å²) in [5.41, 5.74) is 0. The fourth-order valence-corrected chi connectivity index (χ4v) is 15.1. The van der Waals surface area contributed by atoms with Crippen LogP contribution in [-0.2, 0) is 65.4 Å². The Labute approximate surface area is 651 Å². The molecule has 3 N–H and O–H groups in total. The number of unbranched alkanes of at least 4 members (excludes halogenated alkanes) is 52. The van der Waals surface area contributed by atoms with E-state index < -0.39 is 97.5 Å². The number of phosphoric acid groups is 2. The van der Waals surface area contributed by atoms with E-state index in [1.165, 1.54) is 270 Å². The summed E-state index contributed by atoms with van der Waals surface area (Å²) in [6.07, 6.45) is 68.0. The van der Waals surface area contributed by atoms with Crippen LogP contribution in [0, 0.1) is 17.8 Å². The molecule has 19 heteroatoms. The van der Waals surface area contributed by atoms with Gasteiger partial charge in [-0.25, -0.2) is 9.13 Å². The van der Waals surface area contributed by atoms with Gasteiger partial charge in [-0.1, -0.05) is 408 Å². The van der Waals surface area contributed by atoms with Crippen LogP contribution in [0.3, 0.4) is 0 Å². The fourth-order valence-electron chi connectivity index (χ4n) is 13.5. The zero-order chi connectivity index (χ0) is 77.9. The van der Waals surface area contributed by atoms with Crippen molar-refractivity contribution < 1.29 is 80.2 Å². The first-order valence-electron chi connectivity index (χ1n) is 44.9. The number of ether oxygens (including phenoxy) is 4. The lowest BCUT2D eigenvalue weighted by Gasteiger charge is -2.21. The smallest absolute Gasteiger partial charge is 0.462 e. The Morgan fingerprint density at radius 1 is 0.274 bits per heavy atom. The van der Waals surface area contributed by atoms with Gasteiger partial charge in [-0.2, -0.15) is 0 Å². The van der Waals surface area contributed by atoms with Crippen LogP contribution in [0.15, 0.2) is 0 Å². The monoisotopic (exact) mass is 1550 g/mol. The summed E-state index contributed by atoms with van der Waals surface area (Å²) in [6, 6.07) is 0. The molecule has 0 aromatic heterocycles. The summed E-state index contributed by atoms with van der Waals surface area (Å²) in [5, 5.41) is 10.7. The summed E-state index contributed by atoms with van der Waals surface area (Å²) in [6.45, 7) is 12.0. The number of carbonyl (C=O) groups is 4. The Bertz CT molecular complexity index is 2050. The lowest BCUT2D eigenvalue weighted by atomic mass is 9.99. The second-order valence-electron chi connectivity index (χ2n) is 32.5. The van der Waals surface area contributed by atoms with Crippen molar-refractivity contribution in [2.75, 3.05) is 39.6 Å². The predicted molar refractivity (Wildman–Crippen MR) is 437 cm³/mol. The molecule has 106 heavy (non-hydrogen) atoms. The molecule has 0 aliphatic heterocycles. The molecule has 0 saturated heterocycles. The van der Waals surface area contributed by atoms with Crippen LogP contribution in [0.5, 0.6) is 0 Å². The molecular formula is C87H170O17P2. The SMILES string of the molecule is CCCCCCCCCCCCCCCCCCCCCCC(=O)O[C@H](COC(=O)CCCCCCCCCCCCCCCCCC(C)C)COP(=O)(O)OC[C@@H](O)COP(=O)(O)OC[C@@H](COC(=O)CCCCCCCCCCC(C)CC)OC(=O)CCCCCCCCCCCCCCCC(C)C. The van der Waals surface area contributed by atoms with Crippen LogP contribution in [0.4, 0.5) is 0 Å². The Morgan fingerprint density at radius 2 is 0.481 bits per heavy atom. The molecule has 0 saturated carbocycles. The molecule has 0 bridgehead atoms. The molecule has 0 aliphatic carbocycles. The standard InChI is InChI=1S/C87H170O17P2/c1-8-10-11-12-13-14-15-16-17-18-19-20-21-24-30-35-40-49-56-63-70-86(91)103-82(74-97-84(89)68-61-54-47-39-34-29-25-22-23-27-32-37-44-51-58-65-78(3)4)76-101-105(93,94)99-72-81(88)73-100-106(95,96)102-77-83(75-98-85(90)69-62-55-48-43-42-46-53-60-67-80(7)9-2)104-87(92)71-64-57-50-41-36-31-26-28-33-38-45-52-59-66-79(5)6/h78-83,88H,8-77H2,1-7H3,(H,93,94)(H,95,96)/t80?,81-,82-,83-/m1/s1. The third-order valence-electron chi connectivity index (χ3n) is 20.7. The topological polar surface area (TPSA) is 237 Å². The molecule has 0 spiro atoms. The van der Waals surface area contributed by atoms with Crippen LogP contribution >= 0.6 is 15.6 Å².